The SMILES string of the molecule is O=C(Cc1ccc(O)cc1)NCC1CC(O)CN1Cc1ccccc1. The Bertz CT molecular complexity index is 688. The van der Waals surface area contributed by atoms with Crippen molar-refractivity contribution in [2.45, 2.75) is 31.5 Å². The van der Waals surface area contributed by atoms with Crippen LogP contribution in [0.2, 0.25) is 0 Å². The molecule has 2 atom stereocenters. The quantitative estimate of drug-likeness (QED) is 0.748. The van der Waals surface area contributed by atoms with E-state index in [2.05, 4.69) is 22.3 Å². The molecular formula is C20H24N2O3. The molecule has 0 saturated carbocycles. The molecule has 5 heteroatoms. The minimum atomic E-state index is -0.345. The van der Waals surface area contributed by atoms with Gasteiger partial charge in [0.15, 0.2) is 0 Å². The summed E-state index contributed by atoms with van der Waals surface area (Å²) in [7, 11) is 0. The van der Waals surface area contributed by atoms with E-state index in [1.165, 1.54) is 5.56 Å². The summed E-state index contributed by atoms with van der Waals surface area (Å²) in [5.74, 6) is 0.146. The highest BCUT2D eigenvalue weighted by atomic mass is 16.3. The summed E-state index contributed by atoms with van der Waals surface area (Å²) in [6.07, 6.45) is 0.614. The fraction of sp³-hybridized carbons (Fsp3) is 0.350. The zero-order valence-corrected chi connectivity index (χ0v) is 14.1. The molecular weight excluding hydrogens is 316 g/mol. The van der Waals surface area contributed by atoms with Crippen LogP contribution in [0.5, 0.6) is 5.75 Å². The first kappa shape index (κ1) is 17.5. The molecule has 2 unspecified atom stereocenters. The lowest BCUT2D eigenvalue weighted by atomic mass is 10.1. The first-order valence-corrected chi connectivity index (χ1v) is 8.61. The summed E-state index contributed by atoms with van der Waals surface area (Å²) < 4.78 is 0. The van der Waals surface area contributed by atoms with Gasteiger partial charge in [0.25, 0.3) is 0 Å². The van der Waals surface area contributed by atoms with Crippen molar-refractivity contribution < 1.29 is 15.0 Å². The third-order valence-corrected chi connectivity index (χ3v) is 4.57. The molecule has 1 heterocycles. The van der Waals surface area contributed by atoms with Crippen LogP contribution in [0.15, 0.2) is 54.6 Å². The van der Waals surface area contributed by atoms with E-state index < -0.39 is 0 Å². The van der Waals surface area contributed by atoms with Crippen LogP contribution in [0, 0.1) is 0 Å². The summed E-state index contributed by atoms with van der Waals surface area (Å²) in [5.41, 5.74) is 2.07. The summed E-state index contributed by atoms with van der Waals surface area (Å²) in [6, 6.07) is 17.0. The van der Waals surface area contributed by atoms with Gasteiger partial charge in [-0.3, -0.25) is 9.69 Å². The summed E-state index contributed by atoms with van der Waals surface area (Å²) in [6.45, 7) is 1.94. The average molecular weight is 340 g/mol. The molecule has 1 aliphatic heterocycles. The minimum Gasteiger partial charge on any atom is -0.508 e. The highest BCUT2D eigenvalue weighted by Crippen LogP contribution is 2.20. The Morgan fingerprint density at radius 3 is 2.52 bits per heavy atom. The topological polar surface area (TPSA) is 72.8 Å². The van der Waals surface area contributed by atoms with Gasteiger partial charge >= 0.3 is 0 Å². The van der Waals surface area contributed by atoms with Crippen LogP contribution in [-0.2, 0) is 17.8 Å². The van der Waals surface area contributed by atoms with E-state index in [9.17, 15) is 15.0 Å². The number of aliphatic hydroxyl groups is 1. The molecule has 0 aliphatic carbocycles. The Morgan fingerprint density at radius 2 is 1.80 bits per heavy atom. The van der Waals surface area contributed by atoms with Crippen molar-refractivity contribution >= 4 is 5.91 Å². The van der Waals surface area contributed by atoms with Crippen molar-refractivity contribution in [3.8, 4) is 5.75 Å². The number of phenols is 1. The number of aliphatic hydroxyl groups excluding tert-OH is 1. The molecule has 1 saturated heterocycles. The van der Waals surface area contributed by atoms with E-state index in [4.69, 9.17) is 0 Å². The number of carbonyl (C=O) groups is 1. The Kier molecular flexibility index (Phi) is 5.68. The Hall–Kier alpha value is -2.37. The molecule has 3 rings (SSSR count). The van der Waals surface area contributed by atoms with Gasteiger partial charge in [-0.25, -0.2) is 0 Å². The van der Waals surface area contributed by atoms with E-state index >= 15 is 0 Å². The summed E-state index contributed by atoms with van der Waals surface area (Å²) >= 11 is 0. The molecule has 2 aromatic rings. The van der Waals surface area contributed by atoms with E-state index in [1.54, 1.807) is 24.3 Å². The molecule has 5 nitrogen and oxygen atoms in total. The van der Waals surface area contributed by atoms with Crippen molar-refractivity contribution in [1.29, 1.82) is 0 Å². The smallest absolute Gasteiger partial charge is 0.224 e. The normalized spacial score (nSPS) is 20.5. The number of rotatable bonds is 6. The zero-order chi connectivity index (χ0) is 17.6. The Labute approximate surface area is 147 Å². The van der Waals surface area contributed by atoms with Gasteiger partial charge in [-0.1, -0.05) is 42.5 Å². The lowest BCUT2D eigenvalue weighted by Gasteiger charge is -2.24. The highest BCUT2D eigenvalue weighted by molar-refractivity contribution is 5.78. The summed E-state index contributed by atoms with van der Waals surface area (Å²) in [5, 5.41) is 22.2. The number of amides is 1. The Morgan fingerprint density at radius 1 is 1.08 bits per heavy atom. The fourth-order valence-electron chi connectivity index (χ4n) is 3.27. The van der Waals surface area contributed by atoms with Crippen LogP contribution in [0.25, 0.3) is 0 Å². The van der Waals surface area contributed by atoms with Crippen molar-refractivity contribution in [1.82, 2.24) is 10.2 Å². The van der Waals surface area contributed by atoms with Crippen LogP contribution >= 0.6 is 0 Å². The minimum absolute atomic E-state index is 0.0493. The van der Waals surface area contributed by atoms with E-state index in [0.717, 1.165) is 12.1 Å². The van der Waals surface area contributed by atoms with Crippen molar-refractivity contribution in [3.63, 3.8) is 0 Å². The van der Waals surface area contributed by atoms with Crippen molar-refractivity contribution in [2.75, 3.05) is 13.1 Å². The van der Waals surface area contributed by atoms with Gasteiger partial charge < -0.3 is 15.5 Å². The second kappa shape index (κ2) is 8.14. The van der Waals surface area contributed by atoms with Crippen molar-refractivity contribution in [3.05, 3.63) is 65.7 Å². The molecule has 0 bridgehead atoms. The number of β-amino-alcohol motifs (C(OH)–C–C–N with tert-alkyl or cyclic N) is 1. The molecule has 1 fully saturated rings. The maximum absolute atomic E-state index is 12.1. The largest absolute Gasteiger partial charge is 0.508 e. The first-order chi connectivity index (χ1) is 12.1. The molecule has 0 spiro atoms. The molecule has 2 aromatic carbocycles. The number of phenolic OH excluding ortho intramolecular Hbond substituents is 1. The number of benzene rings is 2. The zero-order valence-electron chi connectivity index (χ0n) is 14.1. The number of hydrogen-bond donors (Lipinski definition) is 3. The van der Waals surface area contributed by atoms with Crippen LogP contribution in [0.3, 0.4) is 0 Å². The predicted molar refractivity (Wildman–Crippen MR) is 96.1 cm³/mol. The van der Waals surface area contributed by atoms with Gasteiger partial charge in [0, 0.05) is 25.7 Å². The number of aromatic hydroxyl groups is 1. The lowest BCUT2D eigenvalue weighted by molar-refractivity contribution is -0.120. The molecule has 0 radical (unpaired) electrons. The van der Waals surface area contributed by atoms with Crippen LogP contribution in [0.1, 0.15) is 17.5 Å². The van der Waals surface area contributed by atoms with Gasteiger partial charge in [0.1, 0.15) is 5.75 Å². The molecule has 1 amide bonds. The first-order valence-electron chi connectivity index (χ1n) is 8.61. The second-order valence-electron chi connectivity index (χ2n) is 6.61. The molecule has 3 N–H and O–H groups in total. The second-order valence-corrected chi connectivity index (χ2v) is 6.61. The van der Waals surface area contributed by atoms with Gasteiger partial charge in [-0.2, -0.15) is 0 Å². The fourth-order valence-corrected chi connectivity index (χ4v) is 3.27. The number of likely N-dealkylation sites (tertiary alicyclic amines) is 1. The lowest BCUT2D eigenvalue weighted by Crippen LogP contribution is -2.40. The third-order valence-electron chi connectivity index (χ3n) is 4.57. The van der Waals surface area contributed by atoms with E-state index in [0.29, 0.717) is 19.5 Å². The van der Waals surface area contributed by atoms with Crippen LogP contribution < -0.4 is 5.32 Å². The summed E-state index contributed by atoms with van der Waals surface area (Å²) in [4.78, 5) is 14.4. The monoisotopic (exact) mass is 340 g/mol. The van der Waals surface area contributed by atoms with Gasteiger partial charge in [-0.15, -0.1) is 0 Å². The third kappa shape index (κ3) is 5.05. The maximum Gasteiger partial charge on any atom is 0.224 e. The van der Waals surface area contributed by atoms with E-state index in [-0.39, 0.29) is 30.2 Å². The van der Waals surface area contributed by atoms with Crippen LogP contribution in [0.4, 0.5) is 0 Å². The standard InChI is InChI=1S/C20H24N2O3/c23-18-8-6-15(7-9-18)10-20(25)21-12-17-11-19(24)14-22(17)13-16-4-2-1-3-5-16/h1-9,17,19,23-24H,10-14H2,(H,21,25). The van der Waals surface area contributed by atoms with Gasteiger partial charge in [-0.05, 0) is 29.7 Å². The number of nitrogens with one attached hydrogen (secondary N) is 1. The molecule has 132 valence electrons. The Balaban J connectivity index is 1.51. The number of hydrogen-bond acceptors (Lipinski definition) is 4. The number of carbonyl (C=O) groups excluding carboxylic acids is 1. The highest BCUT2D eigenvalue weighted by Gasteiger charge is 2.30. The maximum atomic E-state index is 12.1. The number of nitrogens with zero attached hydrogens (tertiary/aromatic N) is 1. The molecule has 25 heavy (non-hydrogen) atoms. The predicted octanol–water partition coefficient (Wildman–Crippen LogP) is 1.69. The molecule has 0 aromatic heterocycles. The average Bonchev–Trinajstić information content (AvgIpc) is 2.95. The van der Waals surface area contributed by atoms with Crippen molar-refractivity contribution in [2.24, 2.45) is 0 Å². The van der Waals surface area contributed by atoms with E-state index in [1.807, 2.05) is 18.2 Å². The van der Waals surface area contributed by atoms with Gasteiger partial charge in [0.2, 0.25) is 5.91 Å². The van der Waals surface area contributed by atoms with Crippen LogP contribution in [-0.4, -0.2) is 46.3 Å². The van der Waals surface area contributed by atoms with Gasteiger partial charge in [0.05, 0.1) is 12.5 Å². The molecule has 1 aliphatic rings.